The van der Waals surface area contributed by atoms with Crippen LogP contribution >= 0.6 is 0 Å². The first-order chi connectivity index (χ1) is 5.20. The molecule has 2 aliphatic heterocycles. The van der Waals surface area contributed by atoms with E-state index in [4.69, 9.17) is 5.11 Å². The number of aliphatic carboxylic acids is 1. The minimum atomic E-state index is -0.846. The zero-order valence-electron chi connectivity index (χ0n) is 7.73. The minimum absolute atomic E-state index is 0. The normalized spacial score (nSPS) is 30.7. The van der Waals surface area contributed by atoms with Crippen LogP contribution in [0.4, 0.5) is 0 Å². The standard InChI is InChI=1S/C7H7NO3.K.H/c9-6-3-5-4(7(10)11)1-2-8(5)6;;/h1-2,4-5H,3H2,(H,10,11);;/q;+1;-1. The van der Waals surface area contributed by atoms with Crippen LogP contribution in [0.2, 0.25) is 0 Å². The Labute approximate surface area is 114 Å². The minimum Gasteiger partial charge on any atom is -1.00 e. The fraction of sp³-hybridized carbons (Fsp3) is 0.429. The Bertz CT molecular complexity index is 268. The van der Waals surface area contributed by atoms with E-state index in [0.717, 1.165) is 0 Å². The summed E-state index contributed by atoms with van der Waals surface area (Å²) in [4.78, 5) is 22.8. The van der Waals surface area contributed by atoms with Crippen molar-refractivity contribution in [1.82, 2.24) is 4.90 Å². The number of amides is 1. The van der Waals surface area contributed by atoms with Crippen molar-refractivity contribution < 1.29 is 67.5 Å². The van der Waals surface area contributed by atoms with E-state index in [9.17, 15) is 9.59 Å². The number of carboxylic acids is 1. The molecule has 0 aromatic rings. The Balaban J connectivity index is 0.000000720. The summed E-state index contributed by atoms with van der Waals surface area (Å²) in [6.45, 7) is 0. The molecular weight excluding hydrogens is 185 g/mol. The molecule has 1 amide bonds. The molecule has 12 heavy (non-hydrogen) atoms. The van der Waals surface area contributed by atoms with E-state index in [1.54, 1.807) is 12.3 Å². The maximum atomic E-state index is 10.8. The SMILES string of the molecule is O=C(O)C1C=CN2C(=O)CC12.[H-].[K+]. The summed E-state index contributed by atoms with van der Waals surface area (Å²) in [5.74, 6) is -1.30. The molecule has 1 N–H and O–H groups in total. The average Bonchev–Trinajstić information content (AvgIpc) is 2.25. The molecule has 2 heterocycles. The Morgan fingerprint density at radius 1 is 1.75 bits per heavy atom. The molecule has 1 saturated heterocycles. The second-order valence-electron chi connectivity index (χ2n) is 2.78. The number of carbonyl (C=O) groups is 2. The zero-order chi connectivity index (χ0) is 8.01. The summed E-state index contributed by atoms with van der Waals surface area (Å²) < 4.78 is 0. The van der Waals surface area contributed by atoms with Crippen molar-refractivity contribution in [1.29, 1.82) is 0 Å². The molecule has 2 aliphatic rings. The Morgan fingerprint density at radius 3 is 2.83 bits per heavy atom. The number of carbonyl (C=O) groups excluding carboxylic acids is 1. The van der Waals surface area contributed by atoms with Crippen molar-refractivity contribution in [2.45, 2.75) is 12.5 Å². The van der Waals surface area contributed by atoms with E-state index < -0.39 is 11.9 Å². The molecule has 60 valence electrons. The molecule has 0 aliphatic carbocycles. The molecule has 0 spiro atoms. The molecule has 5 heteroatoms. The number of β-lactam (4-membered cyclic amide) rings is 1. The van der Waals surface area contributed by atoms with Crippen molar-refractivity contribution in [3.05, 3.63) is 12.3 Å². The van der Waals surface area contributed by atoms with Crippen LogP contribution in [0.3, 0.4) is 0 Å². The van der Waals surface area contributed by atoms with Gasteiger partial charge in [-0.25, -0.2) is 0 Å². The number of hydrogen-bond donors (Lipinski definition) is 1. The van der Waals surface area contributed by atoms with Gasteiger partial charge in [-0.1, -0.05) is 6.08 Å². The van der Waals surface area contributed by atoms with Crippen LogP contribution in [0.15, 0.2) is 12.3 Å². The number of fused-ring (bicyclic) bond motifs is 1. The van der Waals surface area contributed by atoms with Crippen LogP contribution in [0.25, 0.3) is 0 Å². The van der Waals surface area contributed by atoms with E-state index in [0.29, 0.717) is 6.42 Å². The largest absolute Gasteiger partial charge is 1.00 e. The molecule has 1 fully saturated rings. The summed E-state index contributed by atoms with van der Waals surface area (Å²) in [6, 6.07) is -0.0972. The van der Waals surface area contributed by atoms with Gasteiger partial charge in [0.2, 0.25) is 5.91 Å². The summed E-state index contributed by atoms with van der Waals surface area (Å²) in [7, 11) is 0. The molecular formula is C7H8KNO3. The van der Waals surface area contributed by atoms with Crippen molar-refractivity contribution in [3.8, 4) is 0 Å². The van der Waals surface area contributed by atoms with Crippen molar-refractivity contribution >= 4 is 11.9 Å². The van der Waals surface area contributed by atoms with Crippen molar-refractivity contribution in [2.75, 3.05) is 0 Å². The molecule has 2 rings (SSSR count). The van der Waals surface area contributed by atoms with Gasteiger partial charge in [-0.3, -0.25) is 9.59 Å². The summed E-state index contributed by atoms with van der Waals surface area (Å²) in [5.41, 5.74) is 0. The maximum absolute atomic E-state index is 10.8. The molecule has 2 atom stereocenters. The third-order valence-corrected chi connectivity index (χ3v) is 2.18. The number of carboxylic acid groups (broad SMARTS) is 1. The maximum Gasteiger partial charge on any atom is 1.00 e. The van der Waals surface area contributed by atoms with Crippen LogP contribution in [-0.2, 0) is 9.59 Å². The molecule has 4 nitrogen and oxygen atoms in total. The van der Waals surface area contributed by atoms with Crippen molar-refractivity contribution in [3.63, 3.8) is 0 Å². The van der Waals surface area contributed by atoms with E-state index in [1.807, 2.05) is 0 Å². The predicted octanol–water partition coefficient (Wildman–Crippen LogP) is -3.07. The molecule has 0 aromatic heterocycles. The number of hydrogen-bond acceptors (Lipinski definition) is 2. The number of nitrogens with zero attached hydrogens (tertiary/aromatic N) is 1. The van der Waals surface area contributed by atoms with Crippen LogP contribution < -0.4 is 51.4 Å². The van der Waals surface area contributed by atoms with Gasteiger partial charge < -0.3 is 11.4 Å². The first-order valence-electron chi connectivity index (χ1n) is 3.42. The second-order valence-corrected chi connectivity index (χ2v) is 2.78. The topological polar surface area (TPSA) is 57.6 Å². The Morgan fingerprint density at radius 2 is 2.42 bits per heavy atom. The van der Waals surface area contributed by atoms with Gasteiger partial charge in [0, 0.05) is 12.6 Å². The van der Waals surface area contributed by atoms with E-state index in [1.165, 1.54) is 4.90 Å². The third kappa shape index (κ3) is 1.40. The first-order valence-corrected chi connectivity index (χ1v) is 3.42. The monoisotopic (exact) mass is 193 g/mol. The van der Waals surface area contributed by atoms with Gasteiger partial charge in [0.25, 0.3) is 0 Å². The number of rotatable bonds is 1. The zero-order valence-corrected chi connectivity index (χ0v) is 9.85. The second kappa shape index (κ2) is 3.59. The molecule has 0 bridgehead atoms. The van der Waals surface area contributed by atoms with E-state index in [2.05, 4.69) is 0 Å². The van der Waals surface area contributed by atoms with Crippen LogP contribution in [0.5, 0.6) is 0 Å². The van der Waals surface area contributed by atoms with Gasteiger partial charge in [-0.05, 0) is 0 Å². The van der Waals surface area contributed by atoms with Crippen LogP contribution in [-0.4, -0.2) is 27.9 Å². The summed E-state index contributed by atoms with van der Waals surface area (Å²) in [6.07, 6.45) is 3.51. The predicted molar refractivity (Wildman–Crippen MR) is 36.6 cm³/mol. The average molecular weight is 193 g/mol. The molecule has 0 aromatic carbocycles. The molecule has 0 saturated carbocycles. The summed E-state index contributed by atoms with van der Waals surface area (Å²) in [5, 5.41) is 8.63. The van der Waals surface area contributed by atoms with Gasteiger partial charge in [-0.2, -0.15) is 0 Å². The fourth-order valence-corrected chi connectivity index (χ4v) is 1.51. The fourth-order valence-electron chi connectivity index (χ4n) is 1.51. The molecule has 2 unspecified atom stereocenters. The Hall–Kier alpha value is 0.316. The van der Waals surface area contributed by atoms with Crippen molar-refractivity contribution in [2.24, 2.45) is 5.92 Å². The van der Waals surface area contributed by atoms with Gasteiger partial charge in [0.05, 0.1) is 12.0 Å². The smallest absolute Gasteiger partial charge is 1.00 e. The van der Waals surface area contributed by atoms with E-state index in [-0.39, 0.29) is 64.8 Å². The van der Waals surface area contributed by atoms with Gasteiger partial charge >= 0.3 is 57.4 Å². The third-order valence-electron chi connectivity index (χ3n) is 2.18. The van der Waals surface area contributed by atoms with E-state index >= 15 is 0 Å². The van der Waals surface area contributed by atoms with Gasteiger partial charge in [-0.15, -0.1) is 0 Å². The van der Waals surface area contributed by atoms with Gasteiger partial charge in [0.1, 0.15) is 0 Å². The first kappa shape index (κ1) is 10.4. The quantitative estimate of drug-likeness (QED) is 0.355. The Kier molecular flexibility index (Phi) is 3.11. The van der Waals surface area contributed by atoms with Crippen LogP contribution in [0.1, 0.15) is 7.85 Å². The summed E-state index contributed by atoms with van der Waals surface area (Å²) >= 11 is 0. The molecule has 0 radical (unpaired) electrons. The van der Waals surface area contributed by atoms with Gasteiger partial charge in [0.15, 0.2) is 0 Å². The van der Waals surface area contributed by atoms with Crippen LogP contribution in [0, 0.1) is 5.92 Å².